The van der Waals surface area contributed by atoms with Crippen molar-refractivity contribution in [3.05, 3.63) is 47.5 Å². The normalized spacial score (nSPS) is 11.0. The lowest BCUT2D eigenvalue weighted by molar-refractivity contribution is 0.0499. The Bertz CT molecular complexity index is 621. The van der Waals surface area contributed by atoms with Gasteiger partial charge in [-0.25, -0.2) is 9.59 Å². The lowest BCUT2D eigenvalue weighted by atomic mass is 10.1. The van der Waals surface area contributed by atoms with Gasteiger partial charge in [-0.3, -0.25) is 0 Å². The molecule has 30 heavy (non-hydrogen) atoms. The van der Waals surface area contributed by atoms with E-state index < -0.39 is 11.9 Å². The lowest BCUT2D eigenvalue weighted by Gasteiger charge is -2.06. The van der Waals surface area contributed by atoms with Crippen molar-refractivity contribution < 1.29 is 19.1 Å². The van der Waals surface area contributed by atoms with Crippen molar-refractivity contribution in [3.63, 3.8) is 0 Å². The van der Waals surface area contributed by atoms with Gasteiger partial charge in [0.1, 0.15) is 0 Å². The van der Waals surface area contributed by atoms with Gasteiger partial charge < -0.3 is 9.47 Å². The monoisotopic (exact) mass is 416 g/mol. The van der Waals surface area contributed by atoms with E-state index in [2.05, 4.69) is 19.1 Å². The molecule has 0 saturated carbocycles. The molecular weight excluding hydrogens is 376 g/mol. The molecule has 0 aliphatic carbocycles. The minimum Gasteiger partial charge on any atom is -0.462 e. The van der Waals surface area contributed by atoms with Crippen molar-refractivity contribution in [2.24, 2.45) is 0 Å². The van der Waals surface area contributed by atoms with Crippen molar-refractivity contribution in [1.82, 2.24) is 0 Å². The molecule has 0 saturated heterocycles. The van der Waals surface area contributed by atoms with Gasteiger partial charge >= 0.3 is 11.9 Å². The van der Waals surface area contributed by atoms with E-state index in [0.29, 0.717) is 30.8 Å². The third-order valence-electron chi connectivity index (χ3n) is 4.97. The Balaban J connectivity index is 2.16. The largest absolute Gasteiger partial charge is 0.462 e. The predicted molar refractivity (Wildman–Crippen MR) is 123 cm³/mol. The lowest BCUT2D eigenvalue weighted by Crippen LogP contribution is -2.10. The van der Waals surface area contributed by atoms with E-state index in [4.69, 9.17) is 9.47 Å². The minimum absolute atomic E-state index is 0.345. The molecule has 0 aliphatic rings. The fraction of sp³-hybridized carbons (Fsp3) is 0.615. The first-order valence-electron chi connectivity index (χ1n) is 11.8. The van der Waals surface area contributed by atoms with E-state index in [1.54, 1.807) is 18.2 Å². The van der Waals surface area contributed by atoms with Crippen LogP contribution < -0.4 is 0 Å². The van der Waals surface area contributed by atoms with Gasteiger partial charge in [0.25, 0.3) is 0 Å². The molecule has 0 radical (unpaired) electrons. The fourth-order valence-corrected chi connectivity index (χ4v) is 3.10. The number of unbranched alkanes of at least 4 members (excludes halogenated alkanes) is 9. The number of rotatable bonds is 17. The summed E-state index contributed by atoms with van der Waals surface area (Å²) in [5, 5.41) is 0. The molecule has 4 nitrogen and oxygen atoms in total. The molecule has 0 N–H and O–H groups in total. The quantitative estimate of drug-likeness (QED) is 0.152. The van der Waals surface area contributed by atoms with Gasteiger partial charge in [-0.1, -0.05) is 83.4 Å². The first-order valence-corrected chi connectivity index (χ1v) is 11.8. The Morgan fingerprint density at radius 3 is 1.87 bits per heavy atom. The Morgan fingerprint density at radius 2 is 1.23 bits per heavy atom. The van der Waals surface area contributed by atoms with Crippen LogP contribution in [0.15, 0.2) is 36.4 Å². The van der Waals surface area contributed by atoms with E-state index in [1.165, 1.54) is 57.4 Å². The number of hydrogen-bond donors (Lipinski definition) is 0. The summed E-state index contributed by atoms with van der Waals surface area (Å²) in [5.41, 5.74) is 0.758. The molecule has 1 rings (SSSR count). The number of ether oxygens (including phenoxy) is 2. The zero-order valence-corrected chi connectivity index (χ0v) is 19.0. The van der Waals surface area contributed by atoms with E-state index >= 15 is 0 Å². The van der Waals surface area contributed by atoms with Gasteiger partial charge in [0.15, 0.2) is 0 Å². The van der Waals surface area contributed by atoms with Gasteiger partial charge in [-0.2, -0.15) is 0 Å². The van der Waals surface area contributed by atoms with Crippen molar-refractivity contribution >= 4 is 11.9 Å². The number of allylic oxidation sites excluding steroid dienone is 1. The topological polar surface area (TPSA) is 52.6 Å². The summed E-state index contributed by atoms with van der Waals surface area (Å²) in [6.45, 7) is 5.03. The van der Waals surface area contributed by atoms with Gasteiger partial charge in [0.2, 0.25) is 0 Å². The first-order chi connectivity index (χ1) is 14.7. The van der Waals surface area contributed by atoms with Crippen LogP contribution in [0.25, 0.3) is 0 Å². The molecule has 1 aromatic rings. The zero-order valence-electron chi connectivity index (χ0n) is 19.0. The molecule has 168 valence electrons. The standard InChI is InChI=1S/C26H40O4/c1-3-5-7-8-9-10-11-12-13-14-15-16-21-30-26(28)24-19-17-18-23(22-24)25(27)29-20-6-4-2/h14-15,17-19,22H,3-13,16,20-21H2,1-2H3/b15-14-. The third-order valence-corrected chi connectivity index (χ3v) is 4.97. The number of benzene rings is 1. The smallest absolute Gasteiger partial charge is 0.338 e. The summed E-state index contributed by atoms with van der Waals surface area (Å²) in [6.07, 6.45) is 18.5. The number of esters is 2. The van der Waals surface area contributed by atoms with Crippen LogP contribution in [0.4, 0.5) is 0 Å². The van der Waals surface area contributed by atoms with Crippen molar-refractivity contribution in [2.45, 2.75) is 90.9 Å². The number of carbonyl (C=O) groups is 2. The van der Waals surface area contributed by atoms with Gasteiger partial charge in [-0.05, 0) is 43.9 Å². The zero-order chi connectivity index (χ0) is 21.9. The molecule has 0 bridgehead atoms. The molecule has 0 spiro atoms. The number of hydrogen-bond acceptors (Lipinski definition) is 4. The molecular formula is C26H40O4. The highest BCUT2D eigenvalue weighted by Crippen LogP contribution is 2.11. The molecule has 0 heterocycles. The molecule has 1 aromatic carbocycles. The molecule has 0 unspecified atom stereocenters. The summed E-state index contributed by atoms with van der Waals surface area (Å²) in [4.78, 5) is 24.2. The molecule has 0 amide bonds. The average molecular weight is 417 g/mol. The van der Waals surface area contributed by atoms with Crippen LogP contribution in [0.5, 0.6) is 0 Å². The van der Waals surface area contributed by atoms with Crippen molar-refractivity contribution in [3.8, 4) is 0 Å². The maximum Gasteiger partial charge on any atom is 0.338 e. The maximum atomic E-state index is 12.2. The van der Waals surface area contributed by atoms with Crippen LogP contribution in [0.3, 0.4) is 0 Å². The minimum atomic E-state index is -0.408. The Hall–Kier alpha value is -2.10. The summed E-state index contributed by atoms with van der Waals surface area (Å²) >= 11 is 0. The highest BCUT2D eigenvalue weighted by Gasteiger charge is 2.12. The highest BCUT2D eigenvalue weighted by molar-refractivity contribution is 5.95. The second kappa shape index (κ2) is 17.7. The number of carbonyl (C=O) groups excluding carboxylic acids is 2. The predicted octanol–water partition coefficient (Wildman–Crippen LogP) is 7.28. The van der Waals surface area contributed by atoms with E-state index in [9.17, 15) is 9.59 Å². The van der Waals surface area contributed by atoms with Crippen LogP contribution in [0, 0.1) is 0 Å². The summed E-state index contributed by atoms with van der Waals surface area (Å²) in [5.74, 6) is -0.809. The highest BCUT2D eigenvalue weighted by atomic mass is 16.5. The molecule has 0 atom stereocenters. The average Bonchev–Trinajstić information content (AvgIpc) is 2.77. The summed E-state index contributed by atoms with van der Waals surface area (Å²) in [7, 11) is 0. The second-order valence-electron chi connectivity index (χ2n) is 7.73. The van der Waals surface area contributed by atoms with Crippen LogP contribution in [0.1, 0.15) is 112 Å². The Kier molecular flexibility index (Phi) is 15.3. The van der Waals surface area contributed by atoms with Crippen LogP contribution in [0.2, 0.25) is 0 Å². The molecule has 0 fully saturated rings. The SMILES string of the molecule is CCCCCCCCCC/C=C\CCOC(=O)c1cccc(C(=O)OCCCC)c1. The van der Waals surface area contributed by atoms with Gasteiger partial charge in [0, 0.05) is 0 Å². The molecule has 4 heteroatoms. The van der Waals surface area contributed by atoms with Crippen molar-refractivity contribution in [2.75, 3.05) is 13.2 Å². The van der Waals surface area contributed by atoms with Crippen LogP contribution in [-0.4, -0.2) is 25.2 Å². The Morgan fingerprint density at radius 1 is 0.700 bits per heavy atom. The maximum absolute atomic E-state index is 12.2. The van der Waals surface area contributed by atoms with Crippen molar-refractivity contribution in [1.29, 1.82) is 0 Å². The summed E-state index contributed by atoms with van der Waals surface area (Å²) < 4.78 is 10.5. The van der Waals surface area contributed by atoms with E-state index in [0.717, 1.165) is 19.3 Å². The Labute approximate surface area is 183 Å². The van der Waals surface area contributed by atoms with E-state index in [-0.39, 0.29) is 0 Å². The van der Waals surface area contributed by atoms with Crippen LogP contribution in [-0.2, 0) is 9.47 Å². The molecule has 0 aromatic heterocycles. The van der Waals surface area contributed by atoms with Gasteiger partial charge in [0.05, 0.1) is 24.3 Å². The van der Waals surface area contributed by atoms with E-state index in [1.807, 2.05) is 6.92 Å². The third kappa shape index (κ3) is 12.5. The van der Waals surface area contributed by atoms with Gasteiger partial charge in [-0.15, -0.1) is 0 Å². The first kappa shape index (κ1) is 25.9. The fourth-order valence-electron chi connectivity index (χ4n) is 3.10. The second-order valence-corrected chi connectivity index (χ2v) is 7.73. The van der Waals surface area contributed by atoms with Crippen LogP contribution >= 0.6 is 0 Å². The summed E-state index contributed by atoms with van der Waals surface area (Å²) in [6, 6.07) is 6.52. The molecule has 0 aliphatic heterocycles.